The lowest BCUT2D eigenvalue weighted by Crippen LogP contribution is -2.28. The average Bonchev–Trinajstić information content (AvgIpc) is 3.26. The van der Waals surface area contributed by atoms with Crippen molar-refractivity contribution in [3.05, 3.63) is 112 Å². The summed E-state index contributed by atoms with van der Waals surface area (Å²) in [5.74, 6) is 0. The number of rotatable bonds is 8. The maximum absolute atomic E-state index is 11.5. The normalized spacial score (nSPS) is 18.3. The van der Waals surface area contributed by atoms with Gasteiger partial charge in [0.25, 0.3) is 5.69 Å². The molecule has 3 aromatic carbocycles. The maximum atomic E-state index is 11.5. The highest BCUT2D eigenvalue weighted by atomic mass is 16.6. The number of hydrogen-bond donors (Lipinski definition) is 0. The van der Waals surface area contributed by atoms with Gasteiger partial charge in [0.05, 0.1) is 10.3 Å². The van der Waals surface area contributed by atoms with Crippen LogP contribution in [0.5, 0.6) is 0 Å². The molecule has 39 heavy (non-hydrogen) atoms. The number of benzene rings is 3. The minimum Gasteiger partial charge on any atom is -0.340 e. The van der Waals surface area contributed by atoms with E-state index in [0.29, 0.717) is 6.54 Å². The highest BCUT2D eigenvalue weighted by Crippen LogP contribution is 2.49. The summed E-state index contributed by atoms with van der Waals surface area (Å²) in [7, 11) is 0. The fourth-order valence-electron chi connectivity index (χ4n) is 6.43. The van der Waals surface area contributed by atoms with Gasteiger partial charge in [-0.15, -0.1) is 6.58 Å². The first-order chi connectivity index (χ1) is 18.6. The van der Waals surface area contributed by atoms with Crippen molar-refractivity contribution in [3.8, 4) is 0 Å². The van der Waals surface area contributed by atoms with Crippen molar-refractivity contribution in [1.82, 2.24) is 0 Å². The summed E-state index contributed by atoms with van der Waals surface area (Å²) in [4.78, 5) is 13.4. The van der Waals surface area contributed by atoms with Crippen LogP contribution in [0.1, 0.15) is 58.6 Å². The van der Waals surface area contributed by atoms with E-state index < -0.39 is 0 Å². The molecule has 0 amide bonds. The highest BCUT2D eigenvalue weighted by molar-refractivity contribution is 6.07. The molecule has 200 valence electrons. The Morgan fingerprint density at radius 1 is 1.05 bits per heavy atom. The van der Waals surface area contributed by atoms with Crippen LogP contribution in [0.3, 0.4) is 0 Å². The van der Waals surface area contributed by atoms with Gasteiger partial charge in [-0.05, 0) is 48.4 Å². The molecule has 0 unspecified atom stereocenters. The summed E-state index contributed by atoms with van der Waals surface area (Å²) in [5.41, 5.74) is 6.63. The first-order valence-electron chi connectivity index (χ1n) is 13.9. The number of allylic oxidation sites excluding steroid dienone is 4. The summed E-state index contributed by atoms with van der Waals surface area (Å²) in [5, 5.41) is 14.1. The predicted octanol–water partition coefficient (Wildman–Crippen LogP) is 8.35. The van der Waals surface area contributed by atoms with E-state index in [-0.39, 0.29) is 21.4 Å². The lowest BCUT2D eigenvalue weighted by atomic mass is 9.79. The van der Waals surface area contributed by atoms with E-state index in [4.69, 9.17) is 0 Å². The second kappa shape index (κ2) is 9.96. The van der Waals surface area contributed by atoms with Crippen LogP contribution in [-0.2, 0) is 10.8 Å². The summed E-state index contributed by atoms with van der Waals surface area (Å²) in [6.45, 7) is 16.8. The molecule has 0 radical (unpaired) electrons. The zero-order valence-electron chi connectivity index (χ0n) is 23.7. The molecule has 5 heteroatoms. The van der Waals surface area contributed by atoms with Gasteiger partial charge in [-0.3, -0.25) is 10.1 Å². The summed E-state index contributed by atoms with van der Waals surface area (Å²) >= 11 is 0. The number of nitro groups is 1. The summed E-state index contributed by atoms with van der Waals surface area (Å²) < 4.78 is 2.50. The number of fused-ring (bicyclic) bond motifs is 4. The fourth-order valence-corrected chi connectivity index (χ4v) is 6.43. The van der Waals surface area contributed by atoms with Gasteiger partial charge in [-0.1, -0.05) is 63.6 Å². The third-order valence-corrected chi connectivity index (χ3v) is 8.40. The van der Waals surface area contributed by atoms with Gasteiger partial charge in [-0.25, -0.2) is 0 Å². The Balaban J connectivity index is 1.60. The van der Waals surface area contributed by atoms with Crippen LogP contribution >= 0.6 is 0 Å². The van der Waals surface area contributed by atoms with E-state index in [2.05, 4.69) is 105 Å². The van der Waals surface area contributed by atoms with Crippen LogP contribution in [0.15, 0.2) is 91.2 Å². The molecule has 0 bridgehead atoms. The Morgan fingerprint density at radius 2 is 1.82 bits per heavy atom. The molecule has 0 N–H and O–H groups in total. The van der Waals surface area contributed by atoms with Crippen LogP contribution in [0.2, 0.25) is 0 Å². The van der Waals surface area contributed by atoms with Crippen molar-refractivity contribution in [1.29, 1.82) is 0 Å². The fraction of sp³-hybridized carbons (Fsp3) is 0.324. The van der Waals surface area contributed by atoms with Crippen molar-refractivity contribution in [2.45, 2.75) is 58.3 Å². The zero-order chi connectivity index (χ0) is 27.9. The lowest BCUT2D eigenvalue weighted by molar-refractivity contribution is -0.438. The Hall–Kier alpha value is -3.99. The Morgan fingerprint density at radius 3 is 2.54 bits per heavy atom. The van der Waals surface area contributed by atoms with Crippen molar-refractivity contribution in [3.63, 3.8) is 0 Å². The minimum atomic E-state index is -0.383. The van der Waals surface area contributed by atoms with E-state index in [1.807, 2.05) is 12.1 Å². The van der Waals surface area contributed by atoms with Gasteiger partial charge in [0, 0.05) is 59.6 Å². The van der Waals surface area contributed by atoms with Gasteiger partial charge in [0.15, 0.2) is 5.71 Å². The topological polar surface area (TPSA) is 49.4 Å². The number of non-ortho nitro benzene ring substituents is 1. The molecule has 0 saturated carbocycles. The zero-order valence-corrected chi connectivity index (χ0v) is 23.7. The van der Waals surface area contributed by atoms with Crippen molar-refractivity contribution >= 4 is 33.5 Å². The molecule has 5 rings (SSSR count). The third kappa shape index (κ3) is 4.30. The lowest BCUT2D eigenvalue weighted by Gasteiger charge is -2.26. The standard InChI is InChI=1S/C34H38N3O2/c1-7-9-22-36-29-19-17-24-13-10-11-14-26(24)32(29)34(5,6)31(36)16-12-15-30-33(3,4)27-23-25(37(38)39)18-20-28(27)35(30)21-8-2/h8,10-20,23H,2,7,9,21-22H2,1,3-6H3/q+1. The average molecular weight is 521 g/mol. The Kier molecular flexibility index (Phi) is 6.79. The Bertz CT molecular complexity index is 1570. The van der Waals surface area contributed by atoms with Crippen molar-refractivity contribution < 1.29 is 9.50 Å². The molecular weight excluding hydrogens is 482 g/mol. The maximum Gasteiger partial charge on any atom is 0.269 e. The van der Waals surface area contributed by atoms with Crippen LogP contribution in [0, 0.1) is 10.1 Å². The van der Waals surface area contributed by atoms with E-state index in [0.717, 1.165) is 36.3 Å². The minimum absolute atomic E-state index is 0.122. The predicted molar refractivity (Wildman–Crippen MR) is 163 cm³/mol. The van der Waals surface area contributed by atoms with Crippen LogP contribution in [0.4, 0.5) is 17.1 Å². The first kappa shape index (κ1) is 26.6. The molecule has 0 aliphatic carbocycles. The monoisotopic (exact) mass is 520 g/mol. The highest BCUT2D eigenvalue weighted by Gasteiger charge is 2.45. The van der Waals surface area contributed by atoms with E-state index in [1.165, 1.54) is 27.7 Å². The molecule has 0 atom stereocenters. The molecule has 5 nitrogen and oxygen atoms in total. The molecule has 2 heterocycles. The van der Waals surface area contributed by atoms with Crippen LogP contribution < -0.4 is 4.90 Å². The third-order valence-electron chi connectivity index (χ3n) is 8.40. The Labute approximate surface area is 231 Å². The molecule has 3 aromatic rings. The SMILES string of the molecule is C=CCN1/C(=C\C=C\C2=[N+](CCCC)c3ccc4ccccc4c3C2(C)C)C(C)(C)c2cc([N+](=O)[O-])ccc21. The number of unbranched alkanes of at least 4 members (excludes halogenated alkanes) is 1. The molecule has 2 aliphatic heterocycles. The number of nitrogens with zero attached hydrogens (tertiary/aromatic N) is 3. The smallest absolute Gasteiger partial charge is 0.269 e. The molecular formula is C34H38N3O2+. The second-order valence-electron chi connectivity index (χ2n) is 11.6. The van der Waals surface area contributed by atoms with Crippen molar-refractivity contribution in [2.75, 3.05) is 18.0 Å². The molecule has 0 saturated heterocycles. The first-order valence-corrected chi connectivity index (χ1v) is 13.9. The van der Waals surface area contributed by atoms with E-state index in [1.54, 1.807) is 12.1 Å². The van der Waals surface area contributed by atoms with Gasteiger partial charge < -0.3 is 4.90 Å². The number of nitro benzene ring substituents is 1. The largest absolute Gasteiger partial charge is 0.340 e. The molecule has 0 aromatic heterocycles. The molecule has 0 fully saturated rings. The number of hydrogen-bond acceptors (Lipinski definition) is 3. The summed E-state index contributed by atoms with van der Waals surface area (Å²) in [6, 6.07) is 18.4. The van der Waals surface area contributed by atoms with Crippen molar-refractivity contribution in [2.24, 2.45) is 0 Å². The second-order valence-corrected chi connectivity index (χ2v) is 11.6. The molecule has 0 spiro atoms. The van der Waals surface area contributed by atoms with E-state index >= 15 is 0 Å². The van der Waals surface area contributed by atoms with Crippen LogP contribution in [-0.4, -0.2) is 28.3 Å². The van der Waals surface area contributed by atoms with Gasteiger partial charge >= 0.3 is 0 Å². The number of anilines is 1. The van der Waals surface area contributed by atoms with Crippen LogP contribution in [0.25, 0.3) is 10.8 Å². The van der Waals surface area contributed by atoms with E-state index in [9.17, 15) is 10.1 Å². The van der Waals surface area contributed by atoms with Gasteiger partial charge in [0.1, 0.15) is 6.54 Å². The van der Waals surface area contributed by atoms with Gasteiger partial charge in [0.2, 0.25) is 5.69 Å². The molecule has 2 aliphatic rings. The van der Waals surface area contributed by atoms with Gasteiger partial charge in [-0.2, -0.15) is 4.58 Å². The summed E-state index contributed by atoms with van der Waals surface area (Å²) in [6.07, 6.45) is 10.7. The quantitative estimate of drug-likeness (QED) is 0.130.